The van der Waals surface area contributed by atoms with Crippen LogP contribution in [0.5, 0.6) is 0 Å². The number of aromatic nitrogens is 2. The van der Waals surface area contributed by atoms with Crippen molar-refractivity contribution < 1.29 is 9.53 Å². The Morgan fingerprint density at radius 3 is 2.95 bits per heavy atom. The molecule has 0 saturated carbocycles. The van der Waals surface area contributed by atoms with Crippen LogP contribution in [0.15, 0.2) is 6.20 Å². The lowest BCUT2D eigenvalue weighted by Gasteiger charge is -1.99. The number of carbonyl (C=O) groups excluding carboxylic acids is 1. The largest absolute Gasteiger partial charge is 0.465 e. The Hall–Kier alpha value is -1.18. The van der Waals surface area contributed by atoms with Gasteiger partial charge in [0.2, 0.25) is 0 Å². The molecule has 8 heteroatoms. The van der Waals surface area contributed by atoms with Crippen LogP contribution in [-0.4, -0.2) is 29.6 Å². The second-order valence-electron chi connectivity index (χ2n) is 3.67. The highest BCUT2D eigenvalue weighted by atomic mass is 35.5. The molecule has 0 radical (unpaired) electrons. The summed E-state index contributed by atoms with van der Waals surface area (Å²) in [6.07, 6.45) is 2.67. The van der Waals surface area contributed by atoms with Crippen LogP contribution in [0.3, 0.4) is 0 Å². The van der Waals surface area contributed by atoms with E-state index in [1.54, 1.807) is 11.3 Å². The average Bonchev–Trinajstić information content (AvgIpc) is 2.95. The monoisotopic (exact) mass is 317 g/mol. The highest BCUT2D eigenvalue weighted by Crippen LogP contribution is 2.27. The van der Waals surface area contributed by atoms with Gasteiger partial charge in [-0.2, -0.15) is 0 Å². The number of ether oxygens (including phenoxy) is 1. The van der Waals surface area contributed by atoms with Gasteiger partial charge in [-0.15, -0.1) is 11.3 Å². The van der Waals surface area contributed by atoms with Crippen molar-refractivity contribution in [1.82, 2.24) is 9.97 Å². The second kappa shape index (κ2) is 6.31. The quantitative estimate of drug-likeness (QED) is 0.859. The molecule has 5 nitrogen and oxygen atoms in total. The van der Waals surface area contributed by atoms with Crippen LogP contribution in [0.1, 0.15) is 19.6 Å². The fourth-order valence-electron chi connectivity index (χ4n) is 1.39. The van der Waals surface area contributed by atoms with E-state index in [0.717, 1.165) is 11.4 Å². The highest BCUT2D eigenvalue weighted by molar-refractivity contribution is 7.18. The minimum Gasteiger partial charge on any atom is -0.465 e. The zero-order valence-electron chi connectivity index (χ0n) is 10.4. The molecule has 0 unspecified atom stereocenters. The second-order valence-corrected chi connectivity index (χ2v) is 6.35. The molecule has 0 atom stereocenters. The third kappa shape index (κ3) is 3.65. The topological polar surface area (TPSA) is 64.1 Å². The Morgan fingerprint density at radius 2 is 2.32 bits per heavy atom. The SMILES string of the molecule is COC(=O)c1sc(NCCc2ncc(C)s2)nc1Cl. The zero-order chi connectivity index (χ0) is 13.8. The Labute approximate surface area is 123 Å². The van der Waals surface area contributed by atoms with Crippen LogP contribution in [0.2, 0.25) is 5.15 Å². The Balaban J connectivity index is 1.91. The summed E-state index contributed by atoms with van der Waals surface area (Å²) in [5.74, 6) is -0.467. The molecule has 0 amide bonds. The number of anilines is 1. The van der Waals surface area contributed by atoms with E-state index in [1.165, 1.54) is 23.3 Å². The molecule has 0 fully saturated rings. The van der Waals surface area contributed by atoms with Crippen molar-refractivity contribution in [3.63, 3.8) is 0 Å². The molecule has 0 saturated heterocycles. The van der Waals surface area contributed by atoms with Crippen molar-refractivity contribution in [3.8, 4) is 0 Å². The first-order chi connectivity index (χ1) is 9.10. The number of rotatable bonds is 5. The first kappa shape index (κ1) is 14.2. The molecule has 0 aliphatic heterocycles. The van der Waals surface area contributed by atoms with Gasteiger partial charge in [0.15, 0.2) is 15.2 Å². The standard InChI is InChI=1S/C11H12ClN3O2S2/c1-6-5-14-7(18-6)3-4-13-11-15-9(12)8(19-11)10(16)17-2/h5H,3-4H2,1-2H3,(H,13,15). The summed E-state index contributed by atoms with van der Waals surface area (Å²) in [5, 5.41) is 4.98. The normalized spacial score (nSPS) is 10.5. The molecule has 102 valence electrons. The van der Waals surface area contributed by atoms with Gasteiger partial charge in [0.05, 0.1) is 12.1 Å². The summed E-state index contributed by atoms with van der Waals surface area (Å²) in [4.78, 5) is 21.2. The van der Waals surface area contributed by atoms with Crippen LogP contribution in [0, 0.1) is 6.92 Å². The van der Waals surface area contributed by atoms with E-state index in [2.05, 4.69) is 20.0 Å². The molecule has 2 aromatic heterocycles. The number of methoxy groups -OCH3 is 1. The van der Waals surface area contributed by atoms with Crippen molar-refractivity contribution in [2.24, 2.45) is 0 Å². The van der Waals surface area contributed by atoms with E-state index in [4.69, 9.17) is 11.6 Å². The van der Waals surface area contributed by atoms with Crippen molar-refractivity contribution in [3.05, 3.63) is 26.1 Å². The molecule has 2 aromatic rings. The lowest BCUT2D eigenvalue weighted by Crippen LogP contribution is -2.03. The number of aryl methyl sites for hydroxylation is 1. The number of thiazole rings is 2. The molecular formula is C11H12ClN3O2S2. The van der Waals surface area contributed by atoms with E-state index >= 15 is 0 Å². The summed E-state index contributed by atoms with van der Waals surface area (Å²) in [6, 6.07) is 0. The molecule has 0 bridgehead atoms. The number of carbonyl (C=O) groups is 1. The van der Waals surface area contributed by atoms with Gasteiger partial charge in [0.25, 0.3) is 0 Å². The minimum atomic E-state index is -0.467. The summed E-state index contributed by atoms with van der Waals surface area (Å²) in [7, 11) is 1.32. The first-order valence-electron chi connectivity index (χ1n) is 5.50. The summed E-state index contributed by atoms with van der Waals surface area (Å²) in [6.45, 7) is 2.72. The van der Waals surface area contributed by atoms with E-state index < -0.39 is 5.97 Å². The van der Waals surface area contributed by atoms with Crippen molar-refractivity contribution in [2.45, 2.75) is 13.3 Å². The molecule has 2 rings (SSSR count). The Bertz CT molecular complexity index is 582. The maximum Gasteiger partial charge on any atom is 0.351 e. The molecule has 0 aliphatic carbocycles. The molecule has 2 heterocycles. The van der Waals surface area contributed by atoms with Crippen LogP contribution in [-0.2, 0) is 11.2 Å². The summed E-state index contributed by atoms with van der Waals surface area (Å²) >= 11 is 8.72. The first-order valence-corrected chi connectivity index (χ1v) is 7.51. The third-order valence-corrected chi connectivity index (χ3v) is 4.59. The number of hydrogen-bond donors (Lipinski definition) is 1. The molecule has 0 aromatic carbocycles. The van der Waals surface area contributed by atoms with Gasteiger partial charge >= 0.3 is 5.97 Å². The smallest absolute Gasteiger partial charge is 0.351 e. The number of esters is 1. The minimum absolute atomic E-state index is 0.171. The van der Waals surface area contributed by atoms with Crippen LogP contribution in [0.25, 0.3) is 0 Å². The van der Waals surface area contributed by atoms with Gasteiger partial charge in [-0.25, -0.2) is 14.8 Å². The predicted molar refractivity (Wildman–Crippen MR) is 77.5 cm³/mol. The van der Waals surface area contributed by atoms with Gasteiger partial charge in [-0.3, -0.25) is 0 Å². The Morgan fingerprint density at radius 1 is 1.53 bits per heavy atom. The van der Waals surface area contributed by atoms with Gasteiger partial charge in [0, 0.05) is 24.0 Å². The Kier molecular flexibility index (Phi) is 4.73. The lowest BCUT2D eigenvalue weighted by molar-refractivity contribution is 0.0606. The van der Waals surface area contributed by atoms with Crippen molar-refractivity contribution in [2.75, 3.05) is 19.0 Å². The van der Waals surface area contributed by atoms with Crippen molar-refractivity contribution in [1.29, 1.82) is 0 Å². The maximum absolute atomic E-state index is 11.4. The predicted octanol–water partition coefficient (Wildman–Crippen LogP) is 3.00. The van der Waals surface area contributed by atoms with E-state index in [0.29, 0.717) is 16.6 Å². The molecular weight excluding hydrogens is 306 g/mol. The molecule has 0 spiro atoms. The van der Waals surface area contributed by atoms with E-state index in [9.17, 15) is 4.79 Å². The van der Waals surface area contributed by atoms with Gasteiger partial charge in [0.1, 0.15) is 0 Å². The zero-order valence-corrected chi connectivity index (χ0v) is 12.8. The number of halogens is 1. The fourth-order valence-corrected chi connectivity index (χ4v) is 3.30. The lowest BCUT2D eigenvalue weighted by atomic mass is 10.4. The van der Waals surface area contributed by atoms with E-state index in [-0.39, 0.29) is 5.15 Å². The molecule has 1 N–H and O–H groups in total. The van der Waals surface area contributed by atoms with Crippen LogP contribution >= 0.6 is 34.3 Å². The van der Waals surface area contributed by atoms with Gasteiger partial charge in [-0.1, -0.05) is 22.9 Å². The van der Waals surface area contributed by atoms with Crippen molar-refractivity contribution >= 4 is 45.4 Å². The molecule has 19 heavy (non-hydrogen) atoms. The van der Waals surface area contributed by atoms with Gasteiger partial charge < -0.3 is 10.1 Å². The van der Waals surface area contributed by atoms with E-state index in [1.807, 2.05) is 13.1 Å². The van der Waals surface area contributed by atoms with Gasteiger partial charge in [-0.05, 0) is 6.92 Å². The third-order valence-electron chi connectivity index (χ3n) is 2.24. The number of hydrogen-bond acceptors (Lipinski definition) is 7. The van der Waals surface area contributed by atoms with Crippen LogP contribution < -0.4 is 5.32 Å². The molecule has 0 aliphatic rings. The highest BCUT2D eigenvalue weighted by Gasteiger charge is 2.16. The summed E-state index contributed by atoms with van der Waals surface area (Å²) < 4.78 is 4.62. The number of nitrogens with zero attached hydrogens (tertiary/aromatic N) is 2. The fraction of sp³-hybridized carbons (Fsp3) is 0.364. The average molecular weight is 318 g/mol. The number of nitrogens with one attached hydrogen (secondary N) is 1. The maximum atomic E-state index is 11.4. The summed E-state index contributed by atoms with van der Waals surface area (Å²) in [5.41, 5.74) is 0. The van der Waals surface area contributed by atoms with Crippen LogP contribution in [0.4, 0.5) is 5.13 Å².